The number of benzene rings is 3. The lowest BCUT2D eigenvalue weighted by atomic mass is 9.92. The standard InChI is InChI=1S/C37H44F3N3O8/c1-36(2,3)51-35(46)43-17-15-23(16-18-43)21-42-32(44)22-41-30-14-13-28(33(45)24-7-10-26(47-4)11-8-24)29(34(30)50-37(38,39)40)19-25-9-12-27(48-5)20-31(25)49-6/h7-14,20,23,41H,15-19,21-22H2,1-6H3,(H,42,44). The second kappa shape index (κ2) is 16.7. The number of nitrogens with zero attached hydrogens (tertiary/aromatic N) is 1. The van der Waals surface area contributed by atoms with Gasteiger partial charge in [-0.1, -0.05) is 6.07 Å². The summed E-state index contributed by atoms with van der Waals surface area (Å²) in [4.78, 5) is 40.7. The number of rotatable bonds is 13. The van der Waals surface area contributed by atoms with Crippen molar-refractivity contribution >= 4 is 23.5 Å². The molecule has 0 atom stereocenters. The first-order valence-electron chi connectivity index (χ1n) is 16.4. The van der Waals surface area contributed by atoms with Gasteiger partial charge in [0.1, 0.15) is 22.8 Å². The molecule has 4 rings (SSSR count). The van der Waals surface area contributed by atoms with Crippen LogP contribution in [0.5, 0.6) is 23.0 Å². The van der Waals surface area contributed by atoms with E-state index < -0.39 is 29.4 Å². The van der Waals surface area contributed by atoms with Crippen molar-refractivity contribution in [3.63, 3.8) is 0 Å². The summed E-state index contributed by atoms with van der Waals surface area (Å²) in [6.07, 6.45) is -4.41. The van der Waals surface area contributed by atoms with Crippen molar-refractivity contribution < 1.29 is 51.2 Å². The second-order valence-electron chi connectivity index (χ2n) is 13.0. The molecule has 0 spiro atoms. The number of piperidine rings is 1. The maximum Gasteiger partial charge on any atom is 0.573 e. The summed E-state index contributed by atoms with van der Waals surface area (Å²) in [6.45, 7) is 6.32. The van der Waals surface area contributed by atoms with Crippen molar-refractivity contribution in [2.24, 2.45) is 5.92 Å². The number of anilines is 1. The number of amides is 2. The van der Waals surface area contributed by atoms with Crippen LogP contribution in [-0.4, -0.2) is 82.2 Å². The predicted molar refractivity (Wildman–Crippen MR) is 184 cm³/mol. The normalized spacial score (nSPS) is 13.6. The topological polar surface area (TPSA) is 125 Å². The van der Waals surface area contributed by atoms with Crippen LogP contribution in [0.25, 0.3) is 0 Å². The van der Waals surface area contributed by atoms with Gasteiger partial charge in [-0.2, -0.15) is 0 Å². The first kappa shape index (κ1) is 38.7. The highest BCUT2D eigenvalue weighted by Gasteiger charge is 2.35. The number of ether oxygens (including phenoxy) is 5. The number of halogens is 3. The molecule has 0 aliphatic carbocycles. The van der Waals surface area contributed by atoms with Gasteiger partial charge in [0, 0.05) is 48.8 Å². The molecular formula is C37H44F3N3O8. The van der Waals surface area contributed by atoms with Gasteiger partial charge in [-0.05, 0) is 87.6 Å². The molecule has 0 radical (unpaired) electrons. The molecule has 51 heavy (non-hydrogen) atoms. The van der Waals surface area contributed by atoms with Crippen molar-refractivity contribution in [3.05, 3.63) is 76.9 Å². The molecule has 276 valence electrons. The molecule has 1 aliphatic rings. The summed E-state index contributed by atoms with van der Waals surface area (Å²) < 4.78 is 68.0. The van der Waals surface area contributed by atoms with Gasteiger partial charge in [-0.25, -0.2) is 4.79 Å². The average Bonchev–Trinajstić information content (AvgIpc) is 3.09. The maximum absolute atomic E-state index is 14.0. The summed E-state index contributed by atoms with van der Waals surface area (Å²) in [7, 11) is 4.35. The largest absolute Gasteiger partial charge is 0.573 e. The Kier molecular flexibility index (Phi) is 12.7. The van der Waals surface area contributed by atoms with E-state index in [-0.39, 0.29) is 47.4 Å². The number of hydrogen-bond donors (Lipinski definition) is 2. The van der Waals surface area contributed by atoms with Gasteiger partial charge in [0.15, 0.2) is 11.5 Å². The van der Waals surface area contributed by atoms with Crippen LogP contribution in [0.15, 0.2) is 54.6 Å². The van der Waals surface area contributed by atoms with Gasteiger partial charge >= 0.3 is 12.5 Å². The van der Waals surface area contributed by atoms with Crippen molar-refractivity contribution in [3.8, 4) is 23.0 Å². The molecule has 0 aromatic heterocycles. The predicted octanol–water partition coefficient (Wildman–Crippen LogP) is 6.61. The Hall–Kier alpha value is -5.14. The highest BCUT2D eigenvalue weighted by molar-refractivity contribution is 6.10. The van der Waals surface area contributed by atoms with Crippen LogP contribution in [0.3, 0.4) is 0 Å². The number of hydrogen-bond acceptors (Lipinski definition) is 9. The molecular weight excluding hydrogens is 671 g/mol. The van der Waals surface area contributed by atoms with E-state index in [9.17, 15) is 27.6 Å². The maximum atomic E-state index is 14.0. The molecule has 1 fully saturated rings. The molecule has 1 saturated heterocycles. The number of methoxy groups -OCH3 is 3. The fourth-order valence-corrected chi connectivity index (χ4v) is 5.62. The zero-order valence-electron chi connectivity index (χ0n) is 29.6. The van der Waals surface area contributed by atoms with Crippen molar-refractivity contribution in [1.29, 1.82) is 0 Å². The highest BCUT2D eigenvalue weighted by atomic mass is 19.4. The van der Waals surface area contributed by atoms with E-state index in [4.69, 9.17) is 18.9 Å². The van der Waals surface area contributed by atoms with E-state index in [1.807, 2.05) is 0 Å². The quantitative estimate of drug-likeness (QED) is 0.188. The summed E-state index contributed by atoms with van der Waals surface area (Å²) >= 11 is 0. The molecule has 1 aliphatic heterocycles. The van der Waals surface area contributed by atoms with Gasteiger partial charge in [0.2, 0.25) is 5.91 Å². The zero-order valence-corrected chi connectivity index (χ0v) is 29.6. The second-order valence-corrected chi connectivity index (χ2v) is 13.0. The summed E-state index contributed by atoms with van der Waals surface area (Å²) in [6, 6.07) is 13.7. The average molecular weight is 716 g/mol. The van der Waals surface area contributed by atoms with Crippen molar-refractivity contribution in [2.75, 3.05) is 52.8 Å². The van der Waals surface area contributed by atoms with Crippen LogP contribution in [0.2, 0.25) is 0 Å². The molecule has 11 nitrogen and oxygen atoms in total. The SMILES string of the molecule is COc1ccc(C(=O)c2ccc(NCC(=O)NCC3CCN(C(=O)OC(C)(C)C)CC3)c(OC(F)(F)F)c2Cc2ccc(OC)cc2OC)cc1. The Labute approximate surface area is 295 Å². The molecule has 14 heteroatoms. The number of likely N-dealkylation sites (tertiary alicyclic amines) is 1. The number of carbonyl (C=O) groups is 3. The number of carbonyl (C=O) groups excluding carboxylic acids is 3. The zero-order chi connectivity index (χ0) is 37.3. The molecule has 3 aromatic carbocycles. The lowest BCUT2D eigenvalue weighted by molar-refractivity contribution is -0.274. The summed E-state index contributed by atoms with van der Waals surface area (Å²) in [5.41, 5.74) is -0.170. The Bertz CT molecular complexity index is 1680. The van der Waals surface area contributed by atoms with Crippen LogP contribution in [0.1, 0.15) is 60.7 Å². The van der Waals surface area contributed by atoms with Crippen molar-refractivity contribution in [2.45, 2.75) is 52.0 Å². The number of alkyl halides is 3. The van der Waals surface area contributed by atoms with E-state index in [0.29, 0.717) is 55.3 Å². The van der Waals surface area contributed by atoms with Gasteiger partial charge in [-0.15, -0.1) is 13.2 Å². The monoisotopic (exact) mass is 715 g/mol. The Morgan fingerprint density at radius 2 is 1.51 bits per heavy atom. The first-order valence-corrected chi connectivity index (χ1v) is 16.4. The molecule has 0 unspecified atom stereocenters. The molecule has 1 heterocycles. The Morgan fingerprint density at radius 3 is 2.10 bits per heavy atom. The Balaban J connectivity index is 1.57. The van der Waals surface area contributed by atoms with Crippen LogP contribution in [0, 0.1) is 5.92 Å². The van der Waals surface area contributed by atoms with Crippen LogP contribution in [-0.2, 0) is 16.0 Å². The first-order chi connectivity index (χ1) is 24.1. The summed E-state index contributed by atoms with van der Waals surface area (Å²) in [5, 5.41) is 5.60. The molecule has 0 bridgehead atoms. The van der Waals surface area contributed by atoms with Crippen LogP contribution >= 0.6 is 0 Å². The summed E-state index contributed by atoms with van der Waals surface area (Å²) in [5.74, 6) is -0.266. The van der Waals surface area contributed by atoms with Crippen LogP contribution < -0.4 is 29.6 Å². The van der Waals surface area contributed by atoms with Gasteiger partial charge in [0.25, 0.3) is 0 Å². The van der Waals surface area contributed by atoms with E-state index in [1.54, 1.807) is 56.0 Å². The van der Waals surface area contributed by atoms with E-state index in [2.05, 4.69) is 15.4 Å². The molecule has 2 amide bonds. The lowest BCUT2D eigenvalue weighted by Gasteiger charge is -2.33. The van der Waals surface area contributed by atoms with E-state index in [0.717, 1.165) is 0 Å². The number of nitrogens with one attached hydrogen (secondary N) is 2. The van der Waals surface area contributed by atoms with Gasteiger partial charge < -0.3 is 39.2 Å². The third-order valence-corrected chi connectivity index (χ3v) is 8.23. The van der Waals surface area contributed by atoms with Crippen molar-refractivity contribution in [1.82, 2.24) is 10.2 Å². The van der Waals surface area contributed by atoms with Gasteiger partial charge in [0.05, 0.1) is 33.6 Å². The highest BCUT2D eigenvalue weighted by Crippen LogP contribution is 2.40. The fourth-order valence-electron chi connectivity index (χ4n) is 5.62. The van der Waals surface area contributed by atoms with E-state index in [1.165, 1.54) is 45.6 Å². The minimum Gasteiger partial charge on any atom is -0.497 e. The lowest BCUT2D eigenvalue weighted by Crippen LogP contribution is -2.44. The number of ketones is 1. The van der Waals surface area contributed by atoms with Gasteiger partial charge in [-0.3, -0.25) is 9.59 Å². The fraction of sp³-hybridized carbons (Fsp3) is 0.432. The molecule has 2 N–H and O–H groups in total. The molecule has 0 saturated carbocycles. The smallest absolute Gasteiger partial charge is 0.497 e. The minimum atomic E-state index is -5.13. The Morgan fingerprint density at radius 1 is 0.863 bits per heavy atom. The molecule has 3 aromatic rings. The minimum absolute atomic E-state index is 0.0370. The van der Waals surface area contributed by atoms with Crippen LogP contribution in [0.4, 0.5) is 23.7 Å². The third kappa shape index (κ3) is 10.9. The van der Waals surface area contributed by atoms with E-state index >= 15 is 0 Å². The third-order valence-electron chi connectivity index (χ3n) is 8.23.